The summed E-state index contributed by atoms with van der Waals surface area (Å²) in [6.45, 7) is 8.16. The van der Waals surface area contributed by atoms with Gasteiger partial charge in [0.25, 0.3) is 0 Å². The molecular weight excluding hydrogens is 540 g/mol. The normalized spacial score (nSPS) is 18.0. The lowest BCUT2D eigenvalue weighted by Crippen LogP contribution is -2.29. The van der Waals surface area contributed by atoms with Gasteiger partial charge in [0.2, 0.25) is 0 Å². The summed E-state index contributed by atoms with van der Waals surface area (Å²) < 4.78 is 17.0. The van der Waals surface area contributed by atoms with Crippen LogP contribution in [0.25, 0.3) is 11.1 Å². The molecule has 0 heterocycles. The van der Waals surface area contributed by atoms with Gasteiger partial charge in [-0.25, -0.2) is 4.79 Å². The van der Waals surface area contributed by atoms with Gasteiger partial charge < -0.3 is 14.2 Å². The first kappa shape index (κ1) is 32.0. The smallest absolute Gasteiger partial charge is 0.338 e. The van der Waals surface area contributed by atoms with Gasteiger partial charge in [-0.15, -0.1) is 0 Å². The molecule has 0 aliphatic heterocycles. The summed E-state index contributed by atoms with van der Waals surface area (Å²) in [5.74, 6) is -0.152. The van der Waals surface area contributed by atoms with Crippen LogP contribution >= 0.6 is 0 Å². The Bertz CT molecular complexity index is 1320. The molecule has 1 aliphatic carbocycles. The van der Waals surface area contributed by atoms with Crippen molar-refractivity contribution in [1.29, 1.82) is 0 Å². The van der Waals surface area contributed by atoms with Crippen LogP contribution in [0.3, 0.4) is 0 Å². The minimum atomic E-state index is -0.306. The van der Waals surface area contributed by atoms with E-state index in [1.807, 2.05) is 68.4 Å². The predicted octanol–water partition coefficient (Wildman–Crippen LogP) is 8.74. The van der Waals surface area contributed by atoms with Crippen LogP contribution in [-0.2, 0) is 19.1 Å². The Kier molecular flexibility index (Phi) is 11.5. The second-order valence-corrected chi connectivity index (χ2v) is 11.7. The van der Waals surface area contributed by atoms with E-state index < -0.39 is 0 Å². The quantitative estimate of drug-likeness (QED) is 0.156. The molecule has 0 N–H and O–H groups in total. The second kappa shape index (κ2) is 15.5. The van der Waals surface area contributed by atoms with Crippen LogP contribution < -0.4 is 4.74 Å². The third-order valence-corrected chi connectivity index (χ3v) is 8.61. The molecule has 43 heavy (non-hydrogen) atoms. The van der Waals surface area contributed by atoms with Gasteiger partial charge >= 0.3 is 17.9 Å². The third kappa shape index (κ3) is 9.03. The molecule has 0 aromatic heterocycles. The molecular formula is C37H44O6. The van der Waals surface area contributed by atoms with Crippen molar-refractivity contribution in [2.24, 2.45) is 17.8 Å². The highest BCUT2D eigenvalue weighted by molar-refractivity contribution is 5.90. The van der Waals surface area contributed by atoms with Crippen molar-refractivity contribution < 1.29 is 28.6 Å². The van der Waals surface area contributed by atoms with E-state index in [4.69, 9.17) is 14.2 Å². The summed E-state index contributed by atoms with van der Waals surface area (Å²) in [5.41, 5.74) is 3.39. The molecule has 6 nitrogen and oxygen atoms in total. The molecule has 228 valence electrons. The zero-order valence-electron chi connectivity index (χ0n) is 25.8. The molecule has 0 unspecified atom stereocenters. The Morgan fingerprint density at radius 1 is 0.698 bits per heavy atom. The van der Waals surface area contributed by atoms with E-state index in [9.17, 15) is 14.4 Å². The number of esters is 3. The van der Waals surface area contributed by atoms with Crippen LogP contribution in [0.4, 0.5) is 0 Å². The topological polar surface area (TPSA) is 78.9 Å². The first-order valence-electron chi connectivity index (χ1n) is 15.7. The average molecular weight is 585 g/mol. The van der Waals surface area contributed by atoms with Gasteiger partial charge in [-0.3, -0.25) is 9.59 Å². The molecule has 0 spiro atoms. The molecule has 1 aliphatic rings. The van der Waals surface area contributed by atoms with E-state index in [0.29, 0.717) is 42.9 Å². The minimum absolute atomic E-state index is 0.118. The van der Waals surface area contributed by atoms with Gasteiger partial charge in [0.1, 0.15) is 11.9 Å². The molecule has 1 saturated carbocycles. The van der Waals surface area contributed by atoms with Crippen molar-refractivity contribution in [1.82, 2.24) is 0 Å². The van der Waals surface area contributed by atoms with Crippen molar-refractivity contribution in [2.75, 3.05) is 0 Å². The summed E-state index contributed by atoms with van der Waals surface area (Å²) >= 11 is 0. The van der Waals surface area contributed by atoms with Crippen molar-refractivity contribution in [3.8, 4) is 16.9 Å². The lowest BCUT2D eigenvalue weighted by atomic mass is 9.82. The number of hydrogen-bond acceptors (Lipinski definition) is 6. The minimum Gasteiger partial charge on any atom is -0.459 e. The van der Waals surface area contributed by atoms with Crippen LogP contribution in [0.1, 0.15) is 94.7 Å². The summed E-state index contributed by atoms with van der Waals surface area (Å²) in [6.07, 6.45) is 5.04. The van der Waals surface area contributed by atoms with Crippen LogP contribution in [0.5, 0.6) is 5.75 Å². The van der Waals surface area contributed by atoms with E-state index in [1.54, 1.807) is 24.3 Å². The van der Waals surface area contributed by atoms with Gasteiger partial charge in [-0.2, -0.15) is 0 Å². The zero-order chi connectivity index (χ0) is 30.8. The lowest BCUT2D eigenvalue weighted by Gasteiger charge is -2.27. The van der Waals surface area contributed by atoms with Crippen molar-refractivity contribution >= 4 is 17.9 Å². The van der Waals surface area contributed by atoms with E-state index in [2.05, 4.69) is 13.8 Å². The Balaban J connectivity index is 1.23. The maximum absolute atomic E-state index is 12.9. The average Bonchev–Trinajstić information content (AvgIpc) is 3.04. The van der Waals surface area contributed by atoms with E-state index in [-0.39, 0.29) is 42.0 Å². The van der Waals surface area contributed by atoms with Crippen LogP contribution in [0.2, 0.25) is 0 Å². The van der Waals surface area contributed by atoms with Crippen molar-refractivity contribution in [3.05, 3.63) is 90.0 Å². The highest BCUT2D eigenvalue weighted by Crippen LogP contribution is 2.33. The van der Waals surface area contributed by atoms with Crippen LogP contribution in [0.15, 0.2) is 78.9 Å². The lowest BCUT2D eigenvalue weighted by molar-refractivity contribution is -0.156. The molecule has 0 saturated heterocycles. The van der Waals surface area contributed by atoms with Gasteiger partial charge in [0, 0.05) is 0 Å². The van der Waals surface area contributed by atoms with Gasteiger partial charge in [-0.05, 0) is 92.8 Å². The highest BCUT2D eigenvalue weighted by atomic mass is 16.5. The zero-order valence-corrected chi connectivity index (χ0v) is 25.8. The fraction of sp³-hybridized carbons (Fsp3) is 0.432. The maximum atomic E-state index is 12.9. The maximum Gasteiger partial charge on any atom is 0.338 e. The van der Waals surface area contributed by atoms with E-state index >= 15 is 0 Å². The highest BCUT2D eigenvalue weighted by Gasteiger charge is 2.32. The number of carbonyl (C=O) groups excluding carboxylic acids is 3. The van der Waals surface area contributed by atoms with Crippen LogP contribution in [-0.4, -0.2) is 24.0 Å². The Morgan fingerprint density at radius 2 is 1.23 bits per heavy atom. The molecule has 6 heteroatoms. The molecule has 0 radical (unpaired) electrons. The first-order chi connectivity index (χ1) is 20.8. The Hall–Kier alpha value is -3.93. The predicted molar refractivity (Wildman–Crippen MR) is 167 cm³/mol. The van der Waals surface area contributed by atoms with Crippen LogP contribution in [0, 0.1) is 17.8 Å². The first-order valence-corrected chi connectivity index (χ1v) is 15.7. The summed E-state index contributed by atoms with van der Waals surface area (Å²) in [6, 6.07) is 24.4. The molecule has 0 amide bonds. The summed E-state index contributed by atoms with van der Waals surface area (Å²) in [7, 11) is 0. The monoisotopic (exact) mass is 584 g/mol. The molecule has 1 fully saturated rings. The van der Waals surface area contributed by atoms with E-state index in [0.717, 1.165) is 36.0 Å². The summed E-state index contributed by atoms with van der Waals surface area (Å²) in [5, 5.41) is 0. The van der Waals surface area contributed by atoms with Gasteiger partial charge in [0.05, 0.1) is 23.5 Å². The number of carbonyl (C=O) groups is 3. The van der Waals surface area contributed by atoms with Gasteiger partial charge in [-0.1, -0.05) is 81.3 Å². The molecule has 2 atom stereocenters. The van der Waals surface area contributed by atoms with Crippen molar-refractivity contribution in [2.45, 2.75) is 84.8 Å². The fourth-order valence-corrected chi connectivity index (χ4v) is 5.73. The molecule has 4 rings (SSSR count). The van der Waals surface area contributed by atoms with Crippen molar-refractivity contribution in [3.63, 3.8) is 0 Å². The Labute approximate surface area is 255 Å². The molecule has 0 bridgehead atoms. The standard InChI is InChI=1S/C37H44O6/c1-5-27(6-2)24-25(3)41-35(38)31-14-12-29(13-15-31)30-20-22-34(23-21-30)43-37(40)33-18-16-32(17-19-33)36(39)42-26(4)28-10-8-7-9-11-28/h7-15,20-23,25-27,32-33H,5-6,16-19,24H2,1-4H3/t25-,26-,32-,33-/m1/s1. The SMILES string of the molecule is CCC(CC)C[C@@H](C)OC(=O)c1ccc(-c2ccc(OC(=O)[C@H]3CC[C@H](C(=O)O[C@H](C)c4ccccc4)CC3)cc2)cc1. The number of hydrogen-bond donors (Lipinski definition) is 0. The number of rotatable bonds is 12. The fourth-order valence-electron chi connectivity index (χ4n) is 5.73. The van der Waals surface area contributed by atoms with Gasteiger partial charge in [0.15, 0.2) is 0 Å². The summed E-state index contributed by atoms with van der Waals surface area (Å²) in [4.78, 5) is 38.1. The third-order valence-electron chi connectivity index (χ3n) is 8.61. The second-order valence-electron chi connectivity index (χ2n) is 11.7. The molecule has 3 aromatic carbocycles. The number of benzene rings is 3. The number of ether oxygens (including phenoxy) is 3. The Morgan fingerprint density at radius 3 is 1.79 bits per heavy atom. The molecule has 3 aromatic rings. The van der Waals surface area contributed by atoms with E-state index in [1.165, 1.54) is 0 Å². The largest absolute Gasteiger partial charge is 0.459 e.